The van der Waals surface area contributed by atoms with Gasteiger partial charge in [-0.2, -0.15) is 14.4 Å². The van der Waals surface area contributed by atoms with Gasteiger partial charge in [-0.05, 0) is 0 Å². The molecule has 2 aromatic rings. The van der Waals surface area contributed by atoms with Gasteiger partial charge in [-0.1, -0.05) is 0 Å². The van der Waals surface area contributed by atoms with Crippen LogP contribution in [0, 0.1) is 6.08 Å². The standard InChI is InChI=1S/C10H12FN5O4/c11-10-14-7(12)4-8(15-10)16(2-13-4)9-6(19)5(18)3(1-17)20-9/h2-3,5-6,9,17-19H,1H2,(H2,12,14,15)/t3-,5-,6?,9-/m1/s1. The molecule has 4 atom stereocenters. The first kappa shape index (κ1) is 13.1. The fraction of sp³-hybridized carbons (Fsp3) is 0.500. The van der Waals surface area contributed by atoms with E-state index in [-0.39, 0.29) is 17.0 Å². The predicted octanol–water partition coefficient (Wildman–Crippen LogP) is -1.84. The van der Waals surface area contributed by atoms with Gasteiger partial charge in [0.2, 0.25) is 0 Å². The van der Waals surface area contributed by atoms with E-state index in [1.165, 1.54) is 10.9 Å². The van der Waals surface area contributed by atoms with Gasteiger partial charge in [-0.25, -0.2) is 4.98 Å². The molecular formula is C10H12FN5O4. The van der Waals surface area contributed by atoms with E-state index in [1.807, 2.05) is 0 Å². The number of anilines is 1. The highest BCUT2D eigenvalue weighted by Gasteiger charge is 2.44. The molecule has 0 spiro atoms. The Hall–Kier alpha value is -1.88. The van der Waals surface area contributed by atoms with E-state index >= 15 is 0 Å². The van der Waals surface area contributed by atoms with Crippen LogP contribution >= 0.6 is 0 Å². The Morgan fingerprint density at radius 2 is 2.10 bits per heavy atom. The van der Waals surface area contributed by atoms with Crippen LogP contribution in [0.15, 0.2) is 6.33 Å². The van der Waals surface area contributed by atoms with Gasteiger partial charge in [0.25, 0.3) is 0 Å². The van der Waals surface area contributed by atoms with Crippen LogP contribution in [-0.4, -0.2) is 59.8 Å². The van der Waals surface area contributed by atoms with Gasteiger partial charge >= 0.3 is 6.08 Å². The molecule has 0 bridgehead atoms. The van der Waals surface area contributed by atoms with Crippen molar-refractivity contribution in [3.05, 3.63) is 12.4 Å². The van der Waals surface area contributed by atoms with E-state index in [1.54, 1.807) is 0 Å². The Morgan fingerprint density at radius 1 is 1.35 bits per heavy atom. The molecule has 20 heavy (non-hydrogen) atoms. The molecule has 0 aliphatic carbocycles. The summed E-state index contributed by atoms with van der Waals surface area (Å²) in [6.45, 7) is -0.465. The van der Waals surface area contributed by atoms with Crippen LogP contribution in [0.2, 0.25) is 0 Å². The maximum Gasteiger partial charge on any atom is 0.312 e. The van der Waals surface area contributed by atoms with E-state index in [0.29, 0.717) is 0 Å². The van der Waals surface area contributed by atoms with Crippen molar-refractivity contribution in [2.45, 2.75) is 24.5 Å². The molecule has 0 saturated carbocycles. The number of imidazole rings is 1. The highest BCUT2D eigenvalue weighted by Crippen LogP contribution is 2.31. The summed E-state index contributed by atoms with van der Waals surface area (Å²) in [6.07, 6.45) is -4.38. The summed E-state index contributed by atoms with van der Waals surface area (Å²) in [5.74, 6) is -0.141. The van der Waals surface area contributed by atoms with Crippen LogP contribution in [0.3, 0.4) is 0 Å². The van der Waals surface area contributed by atoms with Crippen molar-refractivity contribution in [3.63, 3.8) is 0 Å². The van der Waals surface area contributed by atoms with E-state index in [9.17, 15) is 14.6 Å². The number of hydrogen-bond donors (Lipinski definition) is 4. The number of aliphatic hydroxyl groups excluding tert-OH is 3. The quantitative estimate of drug-likeness (QED) is 0.472. The summed E-state index contributed by atoms with van der Waals surface area (Å²) < 4.78 is 19.8. The summed E-state index contributed by atoms with van der Waals surface area (Å²) in [7, 11) is 0. The number of fused-ring (bicyclic) bond motifs is 1. The summed E-state index contributed by atoms with van der Waals surface area (Å²) in [5.41, 5.74) is 5.71. The molecule has 0 radical (unpaired) electrons. The van der Waals surface area contributed by atoms with Crippen LogP contribution in [0.4, 0.5) is 10.2 Å². The van der Waals surface area contributed by atoms with Crippen LogP contribution in [0.25, 0.3) is 11.2 Å². The molecular weight excluding hydrogens is 273 g/mol. The van der Waals surface area contributed by atoms with Crippen LogP contribution in [-0.2, 0) is 4.74 Å². The zero-order valence-corrected chi connectivity index (χ0v) is 10.1. The Bertz CT molecular complexity index is 650. The molecule has 1 unspecified atom stereocenters. The number of nitrogens with two attached hydrogens (primary N) is 1. The summed E-state index contributed by atoms with van der Waals surface area (Å²) in [4.78, 5) is 10.8. The molecule has 5 N–H and O–H groups in total. The lowest BCUT2D eigenvalue weighted by molar-refractivity contribution is -0.0511. The molecule has 1 saturated heterocycles. The second-order valence-electron chi connectivity index (χ2n) is 4.43. The monoisotopic (exact) mass is 285 g/mol. The smallest absolute Gasteiger partial charge is 0.312 e. The summed E-state index contributed by atoms with van der Waals surface area (Å²) in [6, 6.07) is 0. The zero-order chi connectivity index (χ0) is 14.4. The van der Waals surface area contributed by atoms with Crippen molar-refractivity contribution >= 4 is 17.0 Å². The van der Waals surface area contributed by atoms with Gasteiger partial charge in [-0.15, -0.1) is 0 Å². The first-order valence-corrected chi connectivity index (χ1v) is 5.81. The van der Waals surface area contributed by atoms with Crippen LogP contribution in [0.1, 0.15) is 6.23 Å². The second-order valence-corrected chi connectivity index (χ2v) is 4.43. The third-order valence-corrected chi connectivity index (χ3v) is 3.21. The maximum absolute atomic E-state index is 13.2. The first-order valence-electron chi connectivity index (χ1n) is 5.81. The van der Waals surface area contributed by atoms with Crippen LogP contribution < -0.4 is 5.73 Å². The lowest BCUT2D eigenvalue weighted by atomic mass is 10.1. The maximum atomic E-state index is 13.2. The topological polar surface area (TPSA) is 140 Å². The third-order valence-electron chi connectivity index (χ3n) is 3.21. The van der Waals surface area contributed by atoms with E-state index in [2.05, 4.69) is 15.0 Å². The fourth-order valence-electron chi connectivity index (χ4n) is 2.21. The molecule has 2 aromatic heterocycles. The lowest BCUT2D eigenvalue weighted by Gasteiger charge is -2.16. The molecule has 1 aliphatic rings. The van der Waals surface area contributed by atoms with Crippen LogP contribution in [0.5, 0.6) is 0 Å². The molecule has 0 aromatic carbocycles. The normalized spacial score (nSPS) is 30.2. The molecule has 0 amide bonds. The number of rotatable bonds is 2. The first-order chi connectivity index (χ1) is 9.52. The van der Waals surface area contributed by atoms with Crippen molar-refractivity contribution in [2.24, 2.45) is 0 Å². The van der Waals surface area contributed by atoms with E-state index in [4.69, 9.17) is 15.6 Å². The molecule has 1 aliphatic heterocycles. The van der Waals surface area contributed by atoms with Crippen molar-refractivity contribution in [3.8, 4) is 0 Å². The summed E-state index contributed by atoms with van der Waals surface area (Å²) in [5, 5.41) is 28.7. The lowest BCUT2D eigenvalue weighted by Crippen LogP contribution is -2.33. The number of aromatic nitrogens is 4. The molecule has 108 valence electrons. The Morgan fingerprint density at radius 3 is 2.75 bits per heavy atom. The van der Waals surface area contributed by atoms with Crippen molar-refractivity contribution in [1.29, 1.82) is 0 Å². The minimum Gasteiger partial charge on any atom is -0.394 e. The largest absolute Gasteiger partial charge is 0.394 e. The SMILES string of the molecule is Nc1nc(F)nc2c1ncn2[C@@H]1O[C@H](CO)[C@@H](O)C1O. The molecule has 9 nitrogen and oxygen atoms in total. The fourth-order valence-corrected chi connectivity index (χ4v) is 2.21. The molecule has 3 rings (SSSR count). The van der Waals surface area contributed by atoms with Gasteiger partial charge in [0, 0.05) is 0 Å². The Kier molecular flexibility index (Phi) is 3.01. The zero-order valence-electron chi connectivity index (χ0n) is 10.1. The number of halogens is 1. The minimum absolute atomic E-state index is 0.0323. The highest BCUT2D eigenvalue weighted by molar-refractivity contribution is 5.81. The van der Waals surface area contributed by atoms with Gasteiger partial charge in [0.15, 0.2) is 23.2 Å². The average molecular weight is 285 g/mol. The summed E-state index contributed by atoms with van der Waals surface area (Å²) >= 11 is 0. The van der Waals surface area contributed by atoms with Gasteiger partial charge in [0.1, 0.15) is 18.3 Å². The predicted molar refractivity (Wildman–Crippen MR) is 62.7 cm³/mol. The number of hydrogen-bond acceptors (Lipinski definition) is 8. The van der Waals surface area contributed by atoms with E-state index < -0.39 is 37.2 Å². The van der Waals surface area contributed by atoms with Crippen molar-refractivity contribution in [1.82, 2.24) is 19.5 Å². The highest BCUT2D eigenvalue weighted by atomic mass is 19.1. The van der Waals surface area contributed by atoms with Crippen molar-refractivity contribution in [2.75, 3.05) is 12.3 Å². The van der Waals surface area contributed by atoms with E-state index in [0.717, 1.165) is 0 Å². The van der Waals surface area contributed by atoms with Gasteiger partial charge in [0.05, 0.1) is 12.9 Å². The molecule has 3 heterocycles. The average Bonchev–Trinajstić information content (AvgIpc) is 2.93. The van der Waals surface area contributed by atoms with Gasteiger partial charge < -0.3 is 25.8 Å². The number of aliphatic hydroxyl groups is 3. The van der Waals surface area contributed by atoms with Crippen molar-refractivity contribution < 1.29 is 24.4 Å². The third kappa shape index (κ3) is 1.81. The Balaban J connectivity index is 2.07. The second kappa shape index (κ2) is 4.59. The number of nitrogen functional groups attached to an aromatic ring is 1. The Labute approximate surface area is 111 Å². The molecule has 1 fully saturated rings. The number of nitrogens with zero attached hydrogens (tertiary/aromatic N) is 4. The number of ether oxygens (including phenoxy) is 1. The minimum atomic E-state index is -1.32. The molecule has 10 heteroatoms. The van der Waals surface area contributed by atoms with Gasteiger partial charge in [-0.3, -0.25) is 4.57 Å².